The second-order valence-electron chi connectivity index (χ2n) is 7.02. The van der Waals surface area contributed by atoms with Gasteiger partial charge in [0.15, 0.2) is 0 Å². The van der Waals surface area contributed by atoms with E-state index in [4.69, 9.17) is 9.47 Å². The zero-order chi connectivity index (χ0) is 18.3. The van der Waals surface area contributed by atoms with Gasteiger partial charge in [0.1, 0.15) is 24.2 Å². The lowest BCUT2D eigenvalue weighted by Crippen LogP contribution is -2.46. The molecule has 0 amide bonds. The number of aliphatic hydroxyl groups is 1. The number of rotatable bonds is 9. The molecule has 0 aromatic heterocycles. The first-order valence-electron chi connectivity index (χ1n) is 8.64. The van der Waals surface area contributed by atoms with E-state index in [1.807, 2.05) is 43.3 Å². The second kappa shape index (κ2) is 10.4. The number of ether oxygens (including phenoxy) is 2. The van der Waals surface area contributed by atoms with Gasteiger partial charge >= 0.3 is 0 Å². The predicted octanol–water partition coefficient (Wildman–Crippen LogP) is 3.78. The molecule has 2 aromatic carbocycles. The predicted molar refractivity (Wildman–Crippen MR) is 109 cm³/mol. The number of nitrogens with one attached hydrogen (secondary N) is 1. The minimum atomic E-state index is -0.558. The third-order valence-electron chi connectivity index (χ3n) is 4.11. The third kappa shape index (κ3) is 7.24. The molecule has 0 aliphatic carbocycles. The van der Waals surface area contributed by atoms with Crippen molar-refractivity contribution in [1.29, 1.82) is 0 Å². The zero-order valence-electron chi connectivity index (χ0n) is 16.0. The lowest BCUT2D eigenvalue weighted by molar-refractivity contribution is 0.0988. The summed E-state index contributed by atoms with van der Waals surface area (Å²) in [5.74, 6) is 1.68. The Kier molecular flexibility index (Phi) is 8.93. The molecule has 0 heterocycles. The highest BCUT2D eigenvalue weighted by Gasteiger charge is 2.20. The summed E-state index contributed by atoms with van der Waals surface area (Å²) in [5.41, 5.74) is 2.24. The third-order valence-corrected chi connectivity index (χ3v) is 4.11. The molecule has 144 valence electrons. The summed E-state index contributed by atoms with van der Waals surface area (Å²) in [5, 5.41) is 13.6. The number of para-hydroxylation sites is 1. The van der Waals surface area contributed by atoms with Crippen LogP contribution in [0.3, 0.4) is 0 Å². The van der Waals surface area contributed by atoms with Crippen LogP contribution in [0.2, 0.25) is 0 Å². The van der Waals surface area contributed by atoms with Gasteiger partial charge < -0.3 is 19.9 Å². The Hall–Kier alpha value is -1.75. The molecule has 0 radical (unpaired) electrons. The molecular formula is C21H30ClNO3. The van der Waals surface area contributed by atoms with Gasteiger partial charge in [0.05, 0.1) is 7.11 Å². The monoisotopic (exact) mass is 379 g/mol. The van der Waals surface area contributed by atoms with Crippen LogP contribution in [0.5, 0.6) is 11.5 Å². The summed E-state index contributed by atoms with van der Waals surface area (Å²) in [6.45, 7) is 7.08. The van der Waals surface area contributed by atoms with Crippen molar-refractivity contribution in [3.05, 3.63) is 59.7 Å². The normalized spacial score (nSPS) is 12.2. The van der Waals surface area contributed by atoms with E-state index in [0.717, 1.165) is 23.5 Å². The fourth-order valence-corrected chi connectivity index (χ4v) is 2.79. The number of halogens is 1. The number of methoxy groups -OCH3 is 1. The molecule has 0 spiro atoms. The fourth-order valence-electron chi connectivity index (χ4n) is 2.79. The van der Waals surface area contributed by atoms with Crippen LogP contribution in [0.25, 0.3) is 0 Å². The number of hydrogen-bond donors (Lipinski definition) is 2. The van der Waals surface area contributed by atoms with Crippen LogP contribution in [-0.4, -0.2) is 37.0 Å². The van der Waals surface area contributed by atoms with E-state index in [9.17, 15) is 5.11 Å². The first kappa shape index (κ1) is 22.3. The molecule has 0 saturated heterocycles. The Morgan fingerprint density at radius 2 is 1.81 bits per heavy atom. The van der Waals surface area contributed by atoms with Crippen molar-refractivity contribution >= 4 is 12.4 Å². The van der Waals surface area contributed by atoms with Crippen molar-refractivity contribution in [2.75, 3.05) is 20.3 Å². The number of hydrogen-bond acceptors (Lipinski definition) is 4. The molecule has 0 aliphatic rings. The molecule has 0 aliphatic heterocycles. The van der Waals surface area contributed by atoms with Gasteiger partial charge in [-0.05, 0) is 56.5 Å². The molecule has 0 fully saturated rings. The van der Waals surface area contributed by atoms with Crippen LogP contribution in [0.4, 0.5) is 0 Å². The quantitative estimate of drug-likeness (QED) is 0.696. The lowest BCUT2D eigenvalue weighted by atomic mass is 9.93. The van der Waals surface area contributed by atoms with Crippen LogP contribution >= 0.6 is 12.4 Å². The van der Waals surface area contributed by atoms with E-state index >= 15 is 0 Å². The van der Waals surface area contributed by atoms with Crippen molar-refractivity contribution < 1.29 is 14.6 Å². The van der Waals surface area contributed by atoms with Crippen molar-refractivity contribution in [2.24, 2.45) is 0 Å². The van der Waals surface area contributed by atoms with Crippen LogP contribution in [-0.2, 0) is 6.42 Å². The van der Waals surface area contributed by atoms with Crippen molar-refractivity contribution in [2.45, 2.75) is 38.8 Å². The van der Waals surface area contributed by atoms with Crippen molar-refractivity contribution in [3.63, 3.8) is 0 Å². The summed E-state index contributed by atoms with van der Waals surface area (Å²) in [6, 6.07) is 15.8. The maximum absolute atomic E-state index is 10.1. The molecule has 1 unspecified atom stereocenters. The van der Waals surface area contributed by atoms with Gasteiger partial charge in [0.2, 0.25) is 0 Å². The molecule has 2 rings (SSSR count). The number of benzene rings is 2. The van der Waals surface area contributed by atoms with Gasteiger partial charge in [-0.1, -0.05) is 30.3 Å². The first-order chi connectivity index (χ1) is 11.9. The van der Waals surface area contributed by atoms with Crippen LogP contribution in [0.1, 0.15) is 25.0 Å². The average Bonchev–Trinajstić information content (AvgIpc) is 2.59. The van der Waals surface area contributed by atoms with Gasteiger partial charge in [-0.15, -0.1) is 12.4 Å². The van der Waals surface area contributed by atoms with Gasteiger partial charge in [-0.3, -0.25) is 0 Å². The van der Waals surface area contributed by atoms with E-state index in [1.54, 1.807) is 7.11 Å². The van der Waals surface area contributed by atoms with Gasteiger partial charge in [0, 0.05) is 12.1 Å². The molecule has 0 saturated carbocycles. The average molecular weight is 380 g/mol. The van der Waals surface area contributed by atoms with Crippen LogP contribution in [0, 0.1) is 6.92 Å². The van der Waals surface area contributed by atoms with E-state index in [0.29, 0.717) is 6.54 Å². The van der Waals surface area contributed by atoms with Crippen molar-refractivity contribution in [1.82, 2.24) is 5.32 Å². The molecule has 4 nitrogen and oxygen atoms in total. The zero-order valence-corrected chi connectivity index (χ0v) is 16.8. The molecular weight excluding hydrogens is 350 g/mol. The topological polar surface area (TPSA) is 50.7 Å². The van der Waals surface area contributed by atoms with E-state index in [1.165, 1.54) is 5.56 Å². The minimum absolute atomic E-state index is 0. The largest absolute Gasteiger partial charge is 0.496 e. The van der Waals surface area contributed by atoms with Gasteiger partial charge in [0.25, 0.3) is 0 Å². The Balaban J connectivity index is 0.00000338. The molecule has 5 heteroatoms. The number of β-amino-alcohol motifs (C(OH)–C–C–N with tert-alkyl or cyclic N) is 1. The molecule has 2 aromatic rings. The molecule has 0 bridgehead atoms. The van der Waals surface area contributed by atoms with E-state index < -0.39 is 6.10 Å². The van der Waals surface area contributed by atoms with Crippen molar-refractivity contribution in [3.8, 4) is 11.5 Å². The highest BCUT2D eigenvalue weighted by atomic mass is 35.5. The fraction of sp³-hybridized carbons (Fsp3) is 0.429. The van der Waals surface area contributed by atoms with Gasteiger partial charge in [-0.25, -0.2) is 0 Å². The summed E-state index contributed by atoms with van der Waals surface area (Å²) in [6.07, 6.45) is 0.307. The van der Waals surface area contributed by atoms with E-state index in [-0.39, 0.29) is 24.6 Å². The first-order valence-corrected chi connectivity index (χ1v) is 8.64. The maximum Gasteiger partial charge on any atom is 0.121 e. The summed E-state index contributed by atoms with van der Waals surface area (Å²) in [7, 11) is 1.69. The molecule has 2 N–H and O–H groups in total. The smallest absolute Gasteiger partial charge is 0.121 e. The Bertz CT molecular complexity index is 662. The number of aryl methyl sites for hydroxylation is 1. The van der Waals surface area contributed by atoms with E-state index in [2.05, 4.69) is 31.3 Å². The molecule has 26 heavy (non-hydrogen) atoms. The lowest BCUT2D eigenvalue weighted by Gasteiger charge is -2.28. The van der Waals surface area contributed by atoms with Gasteiger partial charge in [-0.2, -0.15) is 0 Å². The summed E-state index contributed by atoms with van der Waals surface area (Å²) in [4.78, 5) is 0. The Morgan fingerprint density at radius 3 is 2.42 bits per heavy atom. The Labute approximate surface area is 162 Å². The van der Waals surface area contributed by atoms with Crippen LogP contribution in [0.15, 0.2) is 48.5 Å². The second-order valence-corrected chi connectivity index (χ2v) is 7.02. The summed E-state index contributed by atoms with van der Waals surface area (Å²) < 4.78 is 10.9. The Morgan fingerprint density at radius 1 is 1.12 bits per heavy atom. The summed E-state index contributed by atoms with van der Waals surface area (Å²) >= 11 is 0. The SMILES string of the molecule is COc1ccc(CC(C)(C)NCC(O)COc2ccccc2)cc1C.Cl. The van der Waals surface area contributed by atoms with Crippen LogP contribution < -0.4 is 14.8 Å². The number of aliphatic hydroxyl groups excluding tert-OH is 1. The maximum atomic E-state index is 10.1. The highest BCUT2D eigenvalue weighted by molar-refractivity contribution is 5.85. The molecule has 1 atom stereocenters. The highest BCUT2D eigenvalue weighted by Crippen LogP contribution is 2.21. The standard InChI is InChI=1S/C21H29NO3.ClH/c1-16-12-17(10-11-20(16)24-4)13-21(2,3)22-14-18(23)15-25-19-8-6-5-7-9-19;/h5-12,18,22-23H,13-15H2,1-4H3;1H. The minimum Gasteiger partial charge on any atom is -0.496 e.